The highest BCUT2D eigenvalue weighted by atomic mass is 127. The molecule has 1 aliphatic heterocycles. The van der Waals surface area contributed by atoms with E-state index in [-0.39, 0.29) is 24.0 Å². The standard InChI is InChI=1S/C17H33N3O3S.HI/c1-18-16(19-11-5-8-15-6-3-4-7-15)20-14-17(24(2,21)22)9-12-23-13-10-17;/h15H,3-14H2,1-2H3,(H2,18,19,20);1H. The first-order valence-corrected chi connectivity index (χ1v) is 11.1. The van der Waals surface area contributed by atoms with Crippen LogP contribution in [0.25, 0.3) is 0 Å². The van der Waals surface area contributed by atoms with E-state index in [0.717, 1.165) is 18.9 Å². The van der Waals surface area contributed by atoms with Crippen molar-refractivity contribution in [1.82, 2.24) is 10.6 Å². The SMILES string of the molecule is CN=C(NCCCC1CCCC1)NCC1(S(C)(=O)=O)CCOCC1.I. The molecule has 0 aromatic carbocycles. The average Bonchev–Trinajstić information content (AvgIpc) is 3.07. The molecule has 25 heavy (non-hydrogen) atoms. The zero-order valence-corrected chi connectivity index (χ0v) is 18.7. The lowest BCUT2D eigenvalue weighted by molar-refractivity contribution is 0.0756. The molecule has 2 rings (SSSR count). The van der Waals surface area contributed by atoms with Gasteiger partial charge in [-0.2, -0.15) is 0 Å². The molecule has 1 aliphatic carbocycles. The molecule has 2 aliphatic rings. The minimum Gasteiger partial charge on any atom is -0.381 e. The molecule has 148 valence electrons. The second-order valence-electron chi connectivity index (χ2n) is 7.21. The van der Waals surface area contributed by atoms with Gasteiger partial charge in [-0.1, -0.05) is 25.7 Å². The number of ether oxygens (including phenoxy) is 1. The van der Waals surface area contributed by atoms with Crippen LogP contribution in [0.5, 0.6) is 0 Å². The van der Waals surface area contributed by atoms with Crippen molar-refractivity contribution in [3.05, 3.63) is 0 Å². The van der Waals surface area contributed by atoms with Gasteiger partial charge in [0, 0.05) is 39.6 Å². The van der Waals surface area contributed by atoms with Crippen LogP contribution in [0.3, 0.4) is 0 Å². The van der Waals surface area contributed by atoms with Gasteiger partial charge in [0.15, 0.2) is 15.8 Å². The van der Waals surface area contributed by atoms with Crippen LogP contribution in [0.2, 0.25) is 0 Å². The first kappa shape index (κ1) is 23.0. The summed E-state index contributed by atoms with van der Waals surface area (Å²) in [4.78, 5) is 4.22. The Morgan fingerprint density at radius 1 is 1.20 bits per heavy atom. The smallest absolute Gasteiger partial charge is 0.191 e. The van der Waals surface area contributed by atoms with E-state index in [1.807, 2.05) is 0 Å². The minimum atomic E-state index is -3.15. The van der Waals surface area contributed by atoms with Crippen molar-refractivity contribution < 1.29 is 13.2 Å². The normalized spacial score (nSPS) is 21.6. The van der Waals surface area contributed by atoms with Gasteiger partial charge < -0.3 is 15.4 Å². The quantitative estimate of drug-likeness (QED) is 0.250. The Labute approximate surface area is 169 Å². The van der Waals surface area contributed by atoms with Gasteiger partial charge in [-0.3, -0.25) is 4.99 Å². The number of hydrogen-bond acceptors (Lipinski definition) is 4. The summed E-state index contributed by atoms with van der Waals surface area (Å²) in [5.74, 6) is 1.59. The van der Waals surface area contributed by atoms with E-state index in [4.69, 9.17) is 4.74 Å². The van der Waals surface area contributed by atoms with E-state index in [0.29, 0.717) is 38.6 Å². The molecule has 0 atom stereocenters. The first-order valence-electron chi connectivity index (χ1n) is 9.19. The number of rotatable bonds is 7. The number of nitrogens with one attached hydrogen (secondary N) is 2. The number of halogens is 1. The summed E-state index contributed by atoms with van der Waals surface area (Å²) in [7, 11) is -1.43. The number of nitrogens with zero attached hydrogens (tertiary/aromatic N) is 1. The Morgan fingerprint density at radius 3 is 2.40 bits per heavy atom. The largest absolute Gasteiger partial charge is 0.381 e. The maximum absolute atomic E-state index is 12.3. The zero-order valence-electron chi connectivity index (χ0n) is 15.6. The fourth-order valence-electron chi connectivity index (χ4n) is 3.78. The molecule has 0 spiro atoms. The number of sulfone groups is 1. The Hall–Kier alpha value is -0.0900. The van der Waals surface area contributed by atoms with Crippen molar-refractivity contribution in [2.75, 3.05) is 39.6 Å². The van der Waals surface area contributed by atoms with E-state index in [1.165, 1.54) is 38.4 Å². The van der Waals surface area contributed by atoms with Crippen molar-refractivity contribution in [1.29, 1.82) is 0 Å². The minimum absolute atomic E-state index is 0. The Kier molecular flexibility index (Phi) is 10.0. The molecule has 0 bridgehead atoms. The Balaban J connectivity index is 0.00000312. The number of aliphatic imine (C=N–C) groups is 1. The molecule has 1 heterocycles. The first-order chi connectivity index (χ1) is 11.5. The highest BCUT2D eigenvalue weighted by Gasteiger charge is 2.42. The summed E-state index contributed by atoms with van der Waals surface area (Å²) in [6, 6.07) is 0. The maximum atomic E-state index is 12.3. The van der Waals surface area contributed by atoms with Crippen LogP contribution in [-0.4, -0.2) is 58.7 Å². The molecule has 8 heteroatoms. The van der Waals surface area contributed by atoms with E-state index in [2.05, 4.69) is 15.6 Å². The molecule has 1 saturated carbocycles. The van der Waals surface area contributed by atoms with E-state index >= 15 is 0 Å². The van der Waals surface area contributed by atoms with Crippen molar-refractivity contribution in [3.63, 3.8) is 0 Å². The van der Waals surface area contributed by atoms with E-state index in [1.54, 1.807) is 7.05 Å². The lowest BCUT2D eigenvalue weighted by Gasteiger charge is -2.35. The van der Waals surface area contributed by atoms with Crippen molar-refractivity contribution in [2.45, 2.75) is 56.1 Å². The summed E-state index contributed by atoms with van der Waals surface area (Å²) in [5, 5.41) is 6.53. The molecule has 2 N–H and O–H groups in total. The molecule has 0 aromatic rings. The molecular formula is C17H34IN3O3S. The predicted molar refractivity (Wildman–Crippen MR) is 114 cm³/mol. The lowest BCUT2D eigenvalue weighted by Crippen LogP contribution is -2.53. The van der Waals surface area contributed by atoms with Crippen LogP contribution >= 0.6 is 24.0 Å². The third kappa shape index (κ3) is 6.86. The van der Waals surface area contributed by atoms with E-state index < -0.39 is 14.6 Å². The topological polar surface area (TPSA) is 79.8 Å². The second kappa shape index (κ2) is 10.9. The third-order valence-corrected chi connectivity index (χ3v) is 7.67. The summed E-state index contributed by atoms with van der Waals surface area (Å²) in [6.45, 7) is 2.27. The highest BCUT2D eigenvalue weighted by molar-refractivity contribution is 14.0. The summed E-state index contributed by atoms with van der Waals surface area (Å²) >= 11 is 0. The van der Waals surface area contributed by atoms with Gasteiger partial charge >= 0.3 is 0 Å². The zero-order chi connectivity index (χ0) is 17.5. The molecular weight excluding hydrogens is 453 g/mol. The van der Waals surface area contributed by atoms with Gasteiger partial charge in [-0.15, -0.1) is 24.0 Å². The van der Waals surface area contributed by atoms with Crippen LogP contribution in [0, 0.1) is 5.92 Å². The van der Waals surface area contributed by atoms with Crippen molar-refractivity contribution >= 4 is 39.8 Å². The van der Waals surface area contributed by atoms with Gasteiger partial charge in [0.2, 0.25) is 0 Å². The van der Waals surface area contributed by atoms with Crippen LogP contribution in [-0.2, 0) is 14.6 Å². The van der Waals surface area contributed by atoms with Crippen LogP contribution in [0.15, 0.2) is 4.99 Å². The fraction of sp³-hybridized carbons (Fsp3) is 0.941. The Bertz CT molecular complexity index is 513. The van der Waals surface area contributed by atoms with E-state index in [9.17, 15) is 8.42 Å². The number of hydrogen-bond donors (Lipinski definition) is 2. The fourth-order valence-corrected chi connectivity index (χ4v) is 5.03. The third-order valence-electron chi connectivity index (χ3n) is 5.55. The van der Waals surface area contributed by atoms with Gasteiger partial charge in [0.05, 0.1) is 4.75 Å². The molecule has 6 nitrogen and oxygen atoms in total. The summed E-state index contributed by atoms with van der Waals surface area (Å²) < 4.78 is 29.1. The maximum Gasteiger partial charge on any atom is 0.191 e. The number of guanidine groups is 1. The van der Waals surface area contributed by atoms with Crippen LogP contribution in [0.4, 0.5) is 0 Å². The molecule has 0 unspecified atom stereocenters. The highest BCUT2D eigenvalue weighted by Crippen LogP contribution is 2.29. The summed E-state index contributed by atoms with van der Waals surface area (Å²) in [6.07, 6.45) is 10.4. The molecule has 1 saturated heterocycles. The summed E-state index contributed by atoms with van der Waals surface area (Å²) in [5.41, 5.74) is 0. The van der Waals surface area contributed by atoms with Crippen LogP contribution < -0.4 is 10.6 Å². The molecule has 0 aromatic heterocycles. The molecule has 0 radical (unpaired) electrons. The average molecular weight is 487 g/mol. The molecule has 2 fully saturated rings. The lowest BCUT2D eigenvalue weighted by atomic mass is 9.99. The molecule has 0 amide bonds. The van der Waals surface area contributed by atoms with Gasteiger partial charge in [0.25, 0.3) is 0 Å². The van der Waals surface area contributed by atoms with Crippen molar-refractivity contribution in [2.24, 2.45) is 10.9 Å². The Morgan fingerprint density at radius 2 is 1.84 bits per heavy atom. The van der Waals surface area contributed by atoms with Gasteiger partial charge in [-0.05, 0) is 31.6 Å². The second-order valence-corrected chi connectivity index (χ2v) is 9.62. The monoisotopic (exact) mass is 487 g/mol. The van der Waals surface area contributed by atoms with Gasteiger partial charge in [0.1, 0.15) is 0 Å². The van der Waals surface area contributed by atoms with Crippen molar-refractivity contribution in [3.8, 4) is 0 Å². The predicted octanol–water partition coefficient (Wildman–Crippen LogP) is 2.33. The van der Waals surface area contributed by atoms with Crippen LogP contribution in [0.1, 0.15) is 51.4 Å². The van der Waals surface area contributed by atoms with Gasteiger partial charge in [-0.25, -0.2) is 8.42 Å².